The van der Waals surface area contributed by atoms with E-state index in [-0.39, 0.29) is 28.5 Å². The molecular formula is C22H25FN2O4S. The predicted octanol–water partition coefficient (Wildman–Crippen LogP) is 2.69. The average Bonchev–Trinajstić information content (AvgIpc) is 2.73. The van der Waals surface area contributed by atoms with E-state index in [4.69, 9.17) is 4.74 Å². The number of ether oxygens (including phenoxy) is 1. The number of hydrogen-bond donors (Lipinski definition) is 0. The van der Waals surface area contributed by atoms with Gasteiger partial charge in [0.25, 0.3) is 0 Å². The van der Waals surface area contributed by atoms with E-state index in [1.54, 1.807) is 43.5 Å². The summed E-state index contributed by atoms with van der Waals surface area (Å²) in [6.07, 6.45) is 1.74. The van der Waals surface area contributed by atoms with Gasteiger partial charge in [-0.1, -0.05) is 12.1 Å². The molecule has 0 bridgehead atoms. The Morgan fingerprint density at radius 3 is 2.20 bits per heavy atom. The molecule has 2 aromatic rings. The first kappa shape index (κ1) is 20.8. The highest BCUT2D eigenvalue weighted by atomic mass is 32.2. The van der Waals surface area contributed by atoms with Crippen LogP contribution in [0.25, 0.3) is 0 Å². The van der Waals surface area contributed by atoms with Crippen LogP contribution in [0.15, 0.2) is 53.4 Å². The molecule has 2 heterocycles. The Kier molecular flexibility index (Phi) is 5.55. The van der Waals surface area contributed by atoms with E-state index in [1.165, 1.54) is 16.4 Å². The molecule has 2 fully saturated rings. The third-order valence-electron chi connectivity index (χ3n) is 6.15. The molecule has 1 spiro atoms. The van der Waals surface area contributed by atoms with Crippen LogP contribution >= 0.6 is 0 Å². The van der Waals surface area contributed by atoms with Crippen LogP contribution in [-0.4, -0.2) is 56.8 Å². The third-order valence-corrected chi connectivity index (χ3v) is 8.07. The topological polar surface area (TPSA) is 66.9 Å². The van der Waals surface area contributed by atoms with E-state index in [2.05, 4.69) is 0 Å². The minimum Gasteiger partial charge on any atom is -0.497 e. The van der Waals surface area contributed by atoms with Gasteiger partial charge in [-0.25, -0.2) is 12.8 Å². The highest BCUT2D eigenvalue weighted by Gasteiger charge is 2.47. The van der Waals surface area contributed by atoms with Gasteiger partial charge in [-0.2, -0.15) is 4.31 Å². The Labute approximate surface area is 176 Å². The molecule has 0 N–H and O–H groups in total. The molecule has 2 aliphatic heterocycles. The van der Waals surface area contributed by atoms with Crippen molar-refractivity contribution in [2.24, 2.45) is 5.41 Å². The molecule has 2 aliphatic rings. The lowest BCUT2D eigenvalue weighted by molar-refractivity contribution is -0.145. The van der Waals surface area contributed by atoms with Crippen molar-refractivity contribution in [2.75, 3.05) is 33.3 Å². The zero-order chi connectivity index (χ0) is 21.4. The molecule has 0 aliphatic carbocycles. The number of sulfonamides is 1. The van der Waals surface area contributed by atoms with Crippen molar-refractivity contribution in [1.29, 1.82) is 0 Å². The van der Waals surface area contributed by atoms with E-state index in [0.717, 1.165) is 18.4 Å². The van der Waals surface area contributed by atoms with Crippen LogP contribution in [0.5, 0.6) is 5.75 Å². The van der Waals surface area contributed by atoms with Crippen LogP contribution in [0.1, 0.15) is 18.4 Å². The molecule has 30 heavy (non-hydrogen) atoms. The molecule has 0 aromatic heterocycles. The highest BCUT2D eigenvalue weighted by Crippen LogP contribution is 2.41. The fourth-order valence-electron chi connectivity index (χ4n) is 4.24. The second-order valence-electron chi connectivity index (χ2n) is 8.13. The Bertz CT molecular complexity index is 1010. The number of amides is 1. The van der Waals surface area contributed by atoms with E-state index in [9.17, 15) is 17.6 Å². The summed E-state index contributed by atoms with van der Waals surface area (Å²) in [5.74, 6) is 0.331. The molecule has 160 valence electrons. The molecular weight excluding hydrogens is 407 g/mol. The van der Waals surface area contributed by atoms with Crippen LogP contribution in [-0.2, 0) is 21.2 Å². The number of likely N-dealkylation sites (tertiary alicyclic amines) is 1. The highest BCUT2D eigenvalue weighted by molar-refractivity contribution is 7.89. The summed E-state index contributed by atoms with van der Waals surface area (Å²) >= 11 is 0. The number of nitrogens with zero attached hydrogens (tertiary/aromatic N) is 2. The average molecular weight is 433 g/mol. The van der Waals surface area contributed by atoms with Gasteiger partial charge < -0.3 is 9.64 Å². The maximum absolute atomic E-state index is 13.0. The summed E-state index contributed by atoms with van der Waals surface area (Å²) in [7, 11) is -1.99. The van der Waals surface area contributed by atoms with Gasteiger partial charge >= 0.3 is 0 Å². The van der Waals surface area contributed by atoms with Crippen molar-refractivity contribution in [3.63, 3.8) is 0 Å². The second kappa shape index (κ2) is 8.00. The van der Waals surface area contributed by atoms with Crippen molar-refractivity contribution in [2.45, 2.75) is 24.2 Å². The first-order chi connectivity index (χ1) is 14.3. The number of carbonyl (C=O) groups is 1. The summed E-state index contributed by atoms with van der Waals surface area (Å²) in [6, 6.07) is 12.4. The zero-order valence-electron chi connectivity index (χ0n) is 16.9. The Balaban J connectivity index is 1.31. The molecule has 6 nitrogen and oxygen atoms in total. The maximum atomic E-state index is 13.0. The fourth-order valence-corrected chi connectivity index (χ4v) is 5.68. The van der Waals surface area contributed by atoms with E-state index in [0.29, 0.717) is 31.9 Å². The maximum Gasteiger partial charge on any atom is 0.243 e. The fraction of sp³-hybridized carbons (Fsp3) is 0.409. The summed E-state index contributed by atoms with van der Waals surface area (Å²) in [4.78, 5) is 14.6. The normalized spacial score (nSPS) is 18.8. The quantitative estimate of drug-likeness (QED) is 0.729. The van der Waals surface area contributed by atoms with Crippen molar-refractivity contribution in [3.8, 4) is 5.75 Å². The third kappa shape index (κ3) is 4.06. The molecule has 2 aromatic carbocycles. The van der Waals surface area contributed by atoms with E-state index in [1.807, 2.05) is 4.90 Å². The summed E-state index contributed by atoms with van der Waals surface area (Å²) in [5, 5.41) is 0. The largest absolute Gasteiger partial charge is 0.497 e. The lowest BCUT2D eigenvalue weighted by Gasteiger charge is -2.53. The van der Waals surface area contributed by atoms with Gasteiger partial charge in [-0.05, 0) is 54.8 Å². The molecule has 1 amide bonds. The number of benzene rings is 2. The van der Waals surface area contributed by atoms with Gasteiger partial charge in [-0.15, -0.1) is 0 Å². The van der Waals surface area contributed by atoms with Gasteiger partial charge in [-0.3, -0.25) is 4.79 Å². The standard InChI is InChI=1S/C22H25FN2O4S/c1-29-19-6-8-20(9-7-19)30(27,28)25-12-10-22(11-13-25)15-24(16-22)21(26)14-17-2-4-18(23)5-3-17/h2-9H,10-16H2,1H3. The zero-order valence-corrected chi connectivity index (χ0v) is 17.7. The van der Waals surface area contributed by atoms with Crippen molar-refractivity contribution in [3.05, 3.63) is 59.9 Å². The van der Waals surface area contributed by atoms with Gasteiger partial charge in [0.1, 0.15) is 11.6 Å². The Morgan fingerprint density at radius 1 is 1.03 bits per heavy atom. The second-order valence-corrected chi connectivity index (χ2v) is 10.1. The lowest BCUT2D eigenvalue weighted by Crippen LogP contribution is -2.62. The molecule has 0 unspecified atom stereocenters. The van der Waals surface area contributed by atoms with Crippen molar-refractivity contribution >= 4 is 15.9 Å². The number of piperidine rings is 1. The van der Waals surface area contributed by atoms with Crippen LogP contribution in [0.4, 0.5) is 4.39 Å². The number of rotatable bonds is 5. The molecule has 4 rings (SSSR count). The number of methoxy groups -OCH3 is 1. The SMILES string of the molecule is COc1ccc(S(=O)(=O)N2CCC3(CC2)CN(C(=O)Cc2ccc(F)cc2)C3)cc1. The monoisotopic (exact) mass is 432 g/mol. The van der Waals surface area contributed by atoms with Crippen LogP contribution in [0.3, 0.4) is 0 Å². The van der Waals surface area contributed by atoms with Gasteiger partial charge in [0.15, 0.2) is 0 Å². The summed E-state index contributed by atoms with van der Waals surface area (Å²) < 4.78 is 45.4. The van der Waals surface area contributed by atoms with Crippen molar-refractivity contribution in [1.82, 2.24) is 9.21 Å². The van der Waals surface area contributed by atoms with Crippen LogP contribution in [0.2, 0.25) is 0 Å². The number of halogens is 1. The first-order valence-electron chi connectivity index (χ1n) is 9.98. The Morgan fingerprint density at radius 2 is 1.63 bits per heavy atom. The smallest absolute Gasteiger partial charge is 0.243 e. The molecule has 0 saturated carbocycles. The van der Waals surface area contributed by atoms with Crippen LogP contribution < -0.4 is 4.74 Å². The number of carbonyl (C=O) groups excluding carboxylic acids is 1. The first-order valence-corrected chi connectivity index (χ1v) is 11.4. The minimum absolute atomic E-state index is 0.00435. The predicted molar refractivity (Wildman–Crippen MR) is 110 cm³/mol. The van der Waals surface area contributed by atoms with Crippen molar-refractivity contribution < 1.29 is 22.3 Å². The number of hydrogen-bond acceptors (Lipinski definition) is 4. The van der Waals surface area contributed by atoms with Gasteiger partial charge in [0.2, 0.25) is 15.9 Å². The van der Waals surface area contributed by atoms with Crippen LogP contribution in [0, 0.1) is 11.2 Å². The minimum atomic E-state index is -3.53. The lowest BCUT2D eigenvalue weighted by atomic mass is 9.72. The summed E-state index contributed by atoms with van der Waals surface area (Å²) in [5.41, 5.74) is 0.799. The van der Waals surface area contributed by atoms with E-state index < -0.39 is 10.0 Å². The summed E-state index contributed by atoms with van der Waals surface area (Å²) in [6.45, 7) is 2.22. The molecule has 2 saturated heterocycles. The molecule has 0 atom stereocenters. The van der Waals surface area contributed by atoms with E-state index >= 15 is 0 Å². The molecule has 8 heteroatoms. The molecule has 0 radical (unpaired) electrons. The van der Waals surface area contributed by atoms with Gasteiger partial charge in [0, 0.05) is 31.6 Å². The van der Waals surface area contributed by atoms with Gasteiger partial charge in [0.05, 0.1) is 18.4 Å². The Hall–Kier alpha value is -2.45.